The molecule has 63 heavy (non-hydrogen) atoms. The maximum absolute atomic E-state index is 13.4. The minimum absolute atomic E-state index is 0.0435. The van der Waals surface area contributed by atoms with Crippen LogP contribution in [0.25, 0.3) is 0 Å². The number of ether oxygens (including phenoxy) is 3. The highest BCUT2D eigenvalue weighted by Crippen LogP contribution is 2.40. The average Bonchev–Trinajstić information content (AvgIpc) is 3.31. The van der Waals surface area contributed by atoms with E-state index >= 15 is 0 Å². The van der Waals surface area contributed by atoms with Crippen molar-refractivity contribution in [1.82, 2.24) is 0 Å². The van der Waals surface area contributed by atoms with Crippen molar-refractivity contribution in [2.45, 2.75) is 205 Å². The molecule has 348 valence electrons. The maximum Gasteiger partial charge on any atom is 0.306 e. The molecule has 0 N–H and O–H groups in total. The van der Waals surface area contributed by atoms with Gasteiger partial charge in [0.05, 0.1) is 6.61 Å². The molecule has 0 amide bonds. The van der Waals surface area contributed by atoms with Gasteiger partial charge in [-0.25, -0.2) is 0 Å². The van der Waals surface area contributed by atoms with Gasteiger partial charge in [-0.2, -0.15) is 0 Å². The Balaban J connectivity index is 1.49. The summed E-state index contributed by atoms with van der Waals surface area (Å²) in [7, 11) is 0. The van der Waals surface area contributed by atoms with E-state index in [2.05, 4.69) is 74.5 Å². The molecule has 0 saturated carbocycles. The van der Waals surface area contributed by atoms with Crippen molar-refractivity contribution in [3.63, 3.8) is 0 Å². The van der Waals surface area contributed by atoms with Gasteiger partial charge in [0.25, 0.3) is 0 Å². The smallest absolute Gasteiger partial charge is 0.306 e. The summed E-state index contributed by atoms with van der Waals surface area (Å²) in [5.41, 5.74) is 1.91. The second kappa shape index (κ2) is 36.4. The first-order valence-corrected chi connectivity index (χ1v) is 25.6. The van der Waals surface area contributed by atoms with E-state index in [1.165, 1.54) is 109 Å². The highest BCUT2D eigenvalue weighted by molar-refractivity contribution is 5.70. The van der Waals surface area contributed by atoms with E-state index in [1.54, 1.807) is 0 Å². The molecule has 0 unspecified atom stereocenters. The van der Waals surface area contributed by atoms with Gasteiger partial charge in [-0.1, -0.05) is 251 Å². The van der Waals surface area contributed by atoms with Crippen molar-refractivity contribution in [3.05, 3.63) is 132 Å². The summed E-state index contributed by atoms with van der Waals surface area (Å²) in [5, 5.41) is 0. The Bertz CT molecular complexity index is 1490. The number of carbonyl (C=O) groups excluding carboxylic acids is 2. The minimum atomic E-state index is -0.979. The molecule has 0 spiro atoms. The van der Waals surface area contributed by atoms with E-state index in [4.69, 9.17) is 14.2 Å². The Morgan fingerprint density at radius 1 is 0.444 bits per heavy atom. The fourth-order valence-corrected chi connectivity index (χ4v) is 8.33. The largest absolute Gasteiger partial charge is 0.462 e. The van der Waals surface area contributed by atoms with Gasteiger partial charge in [0.15, 0.2) is 6.10 Å². The molecule has 3 rings (SSSR count). The first-order valence-electron chi connectivity index (χ1n) is 25.6. The molecule has 0 aliphatic heterocycles. The molecule has 0 aliphatic rings. The SMILES string of the molecule is CCCCC/C=C\C/C=C\CCCCCCCC(=O)OC[C@H](COC(c1ccccc1)(c1ccccc1)c1ccccc1)OC(=O)CCCCCCCCCCCCCCCCC. The summed E-state index contributed by atoms with van der Waals surface area (Å²) in [4.78, 5) is 26.4. The zero-order valence-electron chi connectivity index (χ0n) is 39.8. The van der Waals surface area contributed by atoms with E-state index in [0.29, 0.717) is 12.8 Å². The van der Waals surface area contributed by atoms with Crippen molar-refractivity contribution in [3.8, 4) is 0 Å². The predicted molar refractivity (Wildman–Crippen MR) is 265 cm³/mol. The van der Waals surface area contributed by atoms with Crippen LogP contribution in [-0.2, 0) is 29.4 Å². The van der Waals surface area contributed by atoms with Crippen LogP contribution in [0, 0.1) is 0 Å². The van der Waals surface area contributed by atoms with Crippen molar-refractivity contribution in [2.75, 3.05) is 13.2 Å². The number of rotatable bonds is 39. The van der Waals surface area contributed by atoms with Crippen LogP contribution >= 0.6 is 0 Å². The molecule has 0 saturated heterocycles. The van der Waals surface area contributed by atoms with Gasteiger partial charge < -0.3 is 14.2 Å². The molecule has 5 nitrogen and oxygen atoms in total. The van der Waals surface area contributed by atoms with Crippen molar-refractivity contribution in [1.29, 1.82) is 0 Å². The van der Waals surface area contributed by atoms with Gasteiger partial charge in [-0.05, 0) is 61.6 Å². The lowest BCUT2D eigenvalue weighted by Crippen LogP contribution is -2.38. The molecule has 0 radical (unpaired) electrons. The third kappa shape index (κ3) is 24.1. The number of hydrogen-bond donors (Lipinski definition) is 0. The highest BCUT2D eigenvalue weighted by Gasteiger charge is 2.38. The molecule has 0 bridgehead atoms. The molecular weight excluding hydrogens is 777 g/mol. The number of allylic oxidation sites excluding steroid dienone is 4. The van der Waals surface area contributed by atoms with Gasteiger partial charge in [-0.3, -0.25) is 9.59 Å². The van der Waals surface area contributed by atoms with Crippen LogP contribution in [0.15, 0.2) is 115 Å². The second-order valence-electron chi connectivity index (χ2n) is 17.6. The standard InChI is InChI=1S/C58H86O5/c1-3-5-7-9-11-13-15-17-19-21-23-25-27-29-40-48-56(59)61-50-55(63-57(60)49-41-30-28-26-24-22-20-18-16-14-12-10-8-6-4-2)51-62-58(52-42-34-31-35-43-52,53-44-36-32-37-45-53)54-46-38-33-39-47-54/h11,13,17,19,31-39,42-47,55H,3-10,12,14-16,18,20-30,40-41,48-51H2,1-2H3/b13-11-,19-17-/t55-/m1/s1. The third-order valence-electron chi connectivity index (χ3n) is 12.1. The molecule has 0 aromatic heterocycles. The summed E-state index contributed by atoms with van der Waals surface area (Å²) in [6, 6.07) is 30.5. The third-order valence-corrected chi connectivity index (χ3v) is 12.1. The van der Waals surface area contributed by atoms with Gasteiger partial charge in [-0.15, -0.1) is 0 Å². The summed E-state index contributed by atoms with van der Waals surface area (Å²) in [6.45, 7) is 4.53. The first-order chi connectivity index (χ1) is 31.1. The number of hydrogen-bond acceptors (Lipinski definition) is 5. The van der Waals surface area contributed by atoms with Crippen LogP contribution in [0.3, 0.4) is 0 Å². The minimum Gasteiger partial charge on any atom is -0.462 e. The molecule has 5 heteroatoms. The molecule has 3 aromatic rings. The summed E-state index contributed by atoms with van der Waals surface area (Å²) < 4.78 is 19.0. The Labute approximate surface area is 384 Å². The number of carbonyl (C=O) groups is 2. The van der Waals surface area contributed by atoms with E-state index in [1.807, 2.05) is 54.6 Å². The molecule has 0 heterocycles. The van der Waals surface area contributed by atoms with Gasteiger partial charge in [0, 0.05) is 12.8 Å². The number of unbranched alkanes of at least 4 members (excludes halogenated alkanes) is 22. The van der Waals surface area contributed by atoms with E-state index in [0.717, 1.165) is 74.5 Å². The molecule has 1 atom stereocenters. The molecule has 3 aromatic carbocycles. The van der Waals surface area contributed by atoms with E-state index in [9.17, 15) is 9.59 Å². The molecular formula is C58H86O5. The second-order valence-corrected chi connectivity index (χ2v) is 17.6. The monoisotopic (exact) mass is 863 g/mol. The summed E-state index contributed by atoms with van der Waals surface area (Å²) >= 11 is 0. The summed E-state index contributed by atoms with van der Waals surface area (Å²) in [5.74, 6) is -0.530. The maximum atomic E-state index is 13.4. The van der Waals surface area contributed by atoms with Crippen LogP contribution in [0.4, 0.5) is 0 Å². The Morgan fingerprint density at radius 2 is 0.810 bits per heavy atom. The van der Waals surface area contributed by atoms with Crippen molar-refractivity contribution >= 4 is 11.9 Å². The lowest BCUT2D eigenvalue weighted by atomic mass is 9.80. The van der Waals surface area contributed by atoms with Crippen LogP contribution in [0.2, 0.25) is 0 Å². The van der Waals surface area contributed by atoms with Gasteiger partial charge >= 0.3 is 11.9 Å². The Hall–Kier alpha value is -3.96. The fraction of sp³-hybridized carbons (Fsp3) is 0.586. The Morgan fingerprint density at radius 3 is 1.25 bits per heavy atom. The predicted octanol–water partition coefficient (Wildman–Crippen LogP) is 16.5. The quantitative estimate of drug-likeness (QED) is 0.0247. The van der Waals surface area contributed by atoms with E-state index < -0.39 is 11.7 Å². The molecule has 0 aliphatic carbocycles. The van der Waals surface area contributed by atoms with Crippen LogP contribution in [0.1, 0.15) is 210 Å². The highest BCUT2D eigenvalue weighted by atomic mass is 16.6. The van der Waals surface area contributed by atoms with Crippen LogP contribution < -0.4 is 0 Å². The first kappa shape index (κ1) is 53.4. The van der Waals surface area contributed by atoms with E-state index in [-0.39, 0.29) is 25.2 Å². The lowest BCUT2D eigenvalue weighted by Gasteiger charge is -2.37. The van der Waals surface area contributed by atoms with Gasteiger partial charge in [0.1, 0.15) is 12.2 Å². The van der Waals surface area contributed by atoms with Crippen molar-refractivity contribution < 1.29 is 23.8 Å². The fourth-order valence-electron chi connectivity index (χ4n) is 8.33. The zero-order valence-corrected chi connectivity index (χ0v) is 39.8. The van der Waals surface area contributed by atoms with Crippen LogP contribution in [0.5, 0.6) is 0 Å². The normalized spacial score (nSPS) is 12.3. The van der Waals surface area contributed by atoms with Crippen LogP contribution in [-0.4, -0.2) is 31.3 Å². The summed E-state index contributed by atoms with van der Waals surface area (Å²) in [6.07, 6.45) is 40.6. The number of benzene rings is 3. The van der Waals surface area contributed by atoms with Gasteiger partial charge in [0.2, 0.25) is 0 Å². The lowest BCUT2D eigenvalue weighted by molar-refractivity contribution is -0.165. The average molecular weight is 863 g/mol. The molecule has 0 fully saturated rings. The zero-order chi connectivity index (χ0) is 44.7. The topological polar surface area (TPSA) is 61.8 Å². The van der Waals surface area contributed by atoms with Crippen molar-refractivity contribution in [2.24, 2.45) is 0 Å². The Kier molecular flexibility index (Phi) is 30.8. The number of esters is 2.